The minimum absolute atomic E-state index is 0.204. The topological polar surface area (TPSA) is 12.0 Å². The molecule has 0 amide bonds. The minimum atomic E-state index is -0.349. The zero-order valence-electron chi connectivity index (χ0n) is 11.8. The highest BCUT2D eigenvalue weighted by molar-refractivity contribution is 6.30. The van der Waals surface area contributed by atoms with Crippen LogP contribution in [0.2, 0.25) is 5.02 Å². The van der Waals surface area contributed by atoms with E-state index in [0.717, 1.165) is 11.5 Å². The largest absolute Gasteiger partial charge is 0.307 e. The van der Waals surface area contributed by atoms with Crippen LogP contribution in [0.4, 0.5) is 4.39 Å². The van der Waals surface area contributed by atoms with Gasteiger partial charge >= 0.3 is 0 Å². The summed E-state index contributed by atoms with van der Waals surface area (Å²) < 4.78 is 13.2. The van der Waals surface area contributed by atoms with Crippen LogP contribution in [-0.4, -0.2) is 6.04 Å². The van der Waals surface area contributed by atoms with Crippen molar-refractivity contribution in [2.45, 2.75) is 58.0 Å². The van der Waals surface area contributed by atoms with Gasteiger partial charge in [-0.1, -0.05) is 36.9 Å². The lowest BCUT2D eigenvalue weighted by Gasteiger charge is -2.31. The van der Waals surface area contributed by atoms with E-state index in [1.165, 1.54) is 38.2 Å². The fraction of sp³-hybridized carbons (Fsp3) is 0.625. The van der Waals surface area contributed by atoms with E-state index in [-0.39, 0.29) is 16.9 Å². The number of benzene rings is 1. The van der Waals surface area contributed by atoms with E-state index in [4.69, 9.17) is 11.6 Å². The van der Waals surface area contributed by atoms with Gasteiger partial charge < -0.3 is 5.32 Å². The molecule has 2 unspecified atom stereocenters. The molecule has 1 N–H and O–H groups in total. The Bertz CT molecular complexity index is 415. The van der Waals surface area contributed by atoms with Gasteiger partial charge in [-0.2, -0.15) is 0 Å². The van der Waals surface area contributed by atoms with Crippen LogP contribution < -0.4 is 5.32 Å². The van der Waals surface area contributed by atoms with Gasteiger partial charge in [0.2, 0.25) is 0 Å². The highest BCUT2D eigenvalue weighted by atomic mass is 35.5. The third-order valence-corrected chi connectivity index (χ3v) is 4.60. The zero-order chi connectivity index (χ0) is 13.8. The summed E-state index contributed by atoms with van der Waals surface area (Å²) >= 11 is 5.84. The molecule has 0 aliphatic heterocycles. The molecule has 0 heterocycles. The molecule has 1 aliphatic rings. The van der Waals surface area contributed by atoms with Crippen molar-refractivity contribution < 1.29 is 4.39 Å². The SMILES string of the molecule is CC(NC(C)C1CCCCC1)c1ccc(F)c(Cl)c1. The number of halogens is 2. The molecule has 19 heavy (non-hydrogen) atoms. The number of hydrogen-bond donors (Lipinski definition) is 1. The molecule has 0 bridgehead atoms. The third-order valence-electron chi connectivity index (χ3n) is 4.31. The predicted molar refractivity (Wildman–Crippen MR) is 79.0 cm³/mol. The first-order valence-corrected chi connectivity index (χ1v) is 7.66. The Morgan fingerprint density at radius 1 is 1.21 bits per heavy atom. The summed E-state index contributed by atoms with van der Waals surface area (Å²) in [5.41, 5.74) is 1.05. The van der Waals surface area contributed by atoms with Crippen LogP contribution in [0, 0.1) is 11.7 Å². The molecular weight excluding hydrogens is 261 g/mol. The van der Waals surface area contributed by atoms with Crippen LogP contribution in [0.5, 0.6) is 0 Å². The Morgan fingerprint density at radius 2 is 1.89 bits per heavy atom. The highest BCUT2D eigenvalue weighted by Crippen LogP contribution is 2.28. The highest BCUT2D eigenvalue weighted by Gasteiger charge is 2.21. The van der Waals surface area contributed by atoms with Gasteiger partial charge in [-0.3, -0.25) is 0 Å². The molecule has 0 radical (unpaired) electrons. The van der Waals surface area contributed by atoms with Crippen molar-refractivity contribution in [3.63, 3.8) is 0 Å². The first-order valence-electron chi connectivity index (χ1n) is 7.29. The Hall–Kier alpha value is -0.600. The molecular formula is C16H23ClFN. The molecule has 3 heteroatoms. The molecule has 1 aliphatic carbocycles. The van der Waals surface area contributed by atoms with Gasteiger partial charge in [0.05, 0.1) is 5.02 Å². The molecule has 1 aromatic rings. The zero-order valence-corrected chi connectivity index (χ0v) is 12.5. The van der Waals surface area contributed by atoms with E-state index < -0.39 is 0 Å². The van der Waals surface area contributed by atoms with E-state index >= 15 is 0 Å². The summed E-state index contributed by atoms with van der Waals surface area (Å²) in [6, 6.07) is 5.68. The quantitative estimate of drug-likeness (QED) is 0.811. The van der Waals surface area contributed by atoms with Crippen LogP contribution in [0.3, 0.4) is 0 Å². The van der Waals surface area contributed by atoms with Gasteiger partial charge in [-0.25, -0.2) is 4.39 Å². The van der Waals surface area contributed by atoms with Crippen molar-refractivity contribution in [3.8, 4) is 0 Å². The van der Waals surface area contributed by atoms with Crippen molar-refractivity contribution in [2.75, 3.05) is 0 Å². The van der Waals surface area contributed by atoms with Gasteiger partial charge in [0, 0.05) is 12.1 Å². The maximum atomic E-state index is 13.2. The first-order chi connectivity index (χ1) is 9.08. The second-order valence-corrected chi connectivity index (χ2v) is 6.16. The fourth-order valence-corrected chi connectivity index (χ4v) is 3.23. The lowest BCUT2D eigenvalue weighted by molar-refractivity contribution is 0.268. The number of hydrogen-bond acceptors (Lipinski definition) is 1. The average molecular weight is 284 g/mol. The molecule has 2 atom stereocenters. The summed E-state index contributed by atoms with van der Waals surface area (Å²) in [6.45, 7) is 4.38. The molecule has 1 saturated carbocycles. The normalized spacial score (nSPS) is 20.2. The molecule has 0 spiro atoms. The van der Waals surface area contributed by atoms with Gasteiger partial charge in [0.1, 0.15) is 5.82 Å². The van der Waals surface area contributed by atoms with Gasteiger partial charge in [0.15, 0.2) is 0 Å². The van der Waals surface area contributed by atoms with Crippen LogP contribution in [0.25, 0.3) is 0 Å². The van der Waals surface area contributed by atoms with Crippen molar-refractivity contribution in [1.82, 2.24) is 5.32 Å². The van der Waals surface area contributed by atoms with E-state index in [2.05, 4.69) is 19.2 Å². The summed E-state index contributed by atoms with van der Waals surface area (Å²) in [7, 11) is 0. The lowest BCUT2D eigenvalue weighted by atomic mass is 9.84. The van der Waals surface area contributed by atoms with E-state index in [1.807, 2.05) is 6.07 Å². The summed E-state index contributed by atoms with van der Waals surface area (Å²) in [5.74, 6) is 0.421. The van der Waals surface area contributed by atoms with Crippen molar-refractivity contribution >= 4 is 11.6 Å². The second-order valence-electron chi connectivity index (χ2n) is 5.75. The lowest BCUT2D eigenvalue weighted by Crippen LogP contribution is -2.36. The molecule has 106 valence electrons. The molecule has 2 rings (SSSR count). The Morgan fingerprint density at radius 3 is 2.53 bits per heavy atom. The molecule has 0 saturated heterocycles. The molecule has 1 aromatic carbocycles. The first kappa shape index (κ1) is 14.8. The Labute approximate surface area is 120 Å². The van der Waals surface area contributed by atoms with Crippen LogP contribution >= 0.6 is 11.6 Å². The van der Waals surface area contributed by atoms with Crippen LogP contribution in [0.15, 0.2) is 18.2 Å². The molecule has 0 aromatic heterocycles. The second kappa shape index (κ2) is 6.71. The number of nitrogens with one attached hydrogen (secondary N) is 1. The van der Waals surface area contributed by atoms with Gasteiger partial charge in [-0.05, 0) is 50.3 Å². The smallest absolute Gasteiger partial charge is 0.141 e. The van der Waals surface area contributed by atoms with Crippen LogP contribution in [0.1, 0.15) is 57.6 Å². The van der Waals surface area contributed by atoms with Crippen molar-refractivity contribution in [2.24, 2.45) is 5.92 Å². The van der Waals surface area contributed by atoms with Crippen molar-refractivity contribution in [1.29, 1.82) is 0 Å². The Kier molecular flexibility index (Phi) is 5.23. The summed E-state index contributed by atoms with van der Waals surface area (Å²) in [5, 5.41) is 3.84. The average Bonchev–Trinajstić information content (AvgIpc) is 2.42. The maximum Gasteiger partial charge on any atom is 0.141 e. The minimum Gasteiger partial charge on any atom is -0.307 e. The van der Waals surface area contributed by atoms with E-state index in [9.17, 15) is 4.39 Å². The van der Waals surface area contributed by atoms with Crippen molar-refractivity contribution in [3.05, 3.63) is 34.6 Å². The molecule has 1 fully saturated rings. The predicted octanol–water partition coefficient (Wildman–Crippen LogP) is 5.10. The summed E-state index contributed by atoms with van der Waals surface area (Å²) in [4.78, 5) is 0. The fourth-order valence-electron chi connectivity index (χ4n) is 3.04. The summed E-state index contributed by atoms with van der Waals surface area (Å²) in [6.07, 6.45) is 6.74. The van der Waals surface area contributed by atoms with Gasteiger partial charge in [-0.15, -0.1) is 0 Å². The van der Waals surface area contributed by atoms with E-state index in [0.29, 0.717) is 6.04 Å². The van der Waals surface area contributed by atoms with Gasteiger partial charge in [0.25, 0.3) is 0 Å². The maximum absolute atomic E-state index is 13.2. The monoisotopic (exact) mass is 283 g/mol. The van der Waals surface area contributed by atoms with E-state index in [1.54, 1.807) is 6.07 Å². The number of rotatable bonds is 4. The van der Waals surface area contributed by atoms with Crippen LogP contribution in [-0.2, 0) is 0 Å². The standard InChI is InChI=1S/C16H23ClFN/c1-11(13-6-4-3-5-7-13)19-12(2)14-8-9-16(18)15(17)10-14/h8-13,19H,3-7H2,1-2H3. The Balaban J connectivity index is 1.95. The third kappa shape index (κ3) is 3.93. The molecule has 1 nitrogen and oxygen atoms in total.